The van der Waals surface area contributed by atoms with Crippen molar-refractivity contribution in [2.24, 2.45) is 0 Å². The summed E-state index contributed by atoms with van der Waals surface area (Å²) in [5, 5.41) is 38.6. The van der Waals surface area contributed by atoms with Crippen molar-refractivity contribution in [1.29, 1.82) is 0 Å². The van der Waals surface area contributed by atoms with Crippen LogP contribution in [0.3, 0.4) is 0 Å². The summed E-state index contributed by atoms with van der Waals surface area (Å²) in [5.41, 5.74) is 0.450. The summed E-state index contributed by atoms with van der Waals surface area (Å²) >= 11 is 1.89. The predicted molar refractivity (Wildman–Crippen MR) is 72.7 cm³/mol. The highest BCUT2D eigenvalue weighted by atomic mass is 127. The van der Waals surface area contributed by atoms with Gasteiger partial charge in [-0.2, -0.15) is 4.98 Å². The Morgan fingerprint density at radius 1 is 1.30 bits per heavy atom. The highest BCUT2D eigenvalue weighted by molar-refractivity contribution is 14.1. The van der Waals surface area contributed by atoms with Gasteiger partial charge in [0.2, 0.25) is 5.88 Å². The van der Waals surface area contributed by atoms with Crippen LogP contribution in [0.1, 0.15) is 6.23 Å². The molecule has 0 bridgehead atoms. The van der Waals surface area contributed by atoms with Crippen molar-refractivity contribution in [2.45, 2.75) is 24.5 Å². The molecular formula is C10H11IN4O5. The van der Waals surface area contributed by atoms with Crippen molar-refractivity contribution < 1.29 is 25.2 Å². The molecule has 0 aliphatic carbocycles. The van der Waals surface area contributed by atoms with E-state index in [1.54, 1.807) is 0 Å². The number of fused-ring (bicyclic) bond motifs is 1. The van der Waals surface area contributed by atoms with Gasteiger partial charge in [-0.3, -0.25) is 4.57 Å². The van der Waals surface area contributed by atoms with E-state index in [0.717, 1.165) is 6.33 Å². The lowest BCUT2D eigenvalue weighted by molar-refractivity contribution is -0.0522. The van der Waals surface area contributed by atoms with E-state index in [4.69, 9.17) is 9.84 Å². The first-order valence-electron chi connectivity index (χ1n) is 5.74. The molecule has 4 atom stereocenters. The maximum Gasteiger partial charge on any atom is 0.242 e. The Morgan fingerprint density at radius 2 is 2.05 bits per heavy atom. The maximum atomic E-state index is 10.0. The molecule has 9 nitrogen and oxygen atoms in total. The minimum absolute atomic E-state index is 0.176. The molecule has 10 heteroatoms. The molecule has 0 saturated carbocycles. The third-order valence-corrected chi connectivity index (χ3v) is 3.95. The number of aliphatic hydroxyl groups is 3. The van der Waals surface area contributed by atoms with Crippen LogP contribution in [0.5, 0.6) is 5.88 Å². The fourth-order valence-electron chi connectivity index (χ4n) is 2.19. The molecule has 0 amide bonds. The molecule has 3 heterocycles. The molecule has 1 aliphatic heterocycles. The van der Waals surface area contributed by atoms with Gasteiger partial charge in [0, 0.05) is 22.6 Å². The summed E-state index contributed by atoms with van der Waals surface area (Å²) < 4.78 is 7.29. The zero-order valence-corrected chi connectivity index (χ0v) is 12.1. The van der Waals surface area contributed by atoms with E-state index in [-0.39, 0.29) is 17.0 Å². The zero-order chi connectivity index (χ0) is 14.4. The predicted octanol–water partition coefficient (Wildman–Crippen LogP) is -1.25. The van der Waals surface area contributed by atoms with Crippen molar-refractivity contribution in [2.75, 3.05) is 6.61 Å². The lowest BCUT2D eigenvalue weighted by Gasteiger charge is -2.17. The molecular weight excluding hydrogens is 383 g/mol. The number of aromatic hydroxyl groups is 1. The number of aromatic nitrogens is 4. The fraction of sp³-hybridized carbons (Fsp3) is 0.500. The highest BCUT2D eigenvalue weighted by Gasteiger charge is 2.44. The minimum atomic E-state index is -1.24. The third kappa shape index (κ3) is 1.95. The van der Waals surface area contributed by atoms with Gasteiger partial charge in [-0.05, 0) is 0 Å². The Balaban J connectivity index is 2.11. The molecule has 4 N–H and O–H groups in total. The number of halogens is 1. The molecule has 1 aliphatic rings. The van der Waals surface area contributed by atoms with E-state index in [2.05, 4.69) is 15.0 Å². The average Bonchev–Trinajstić information content (AvgIpc) is 2.90. The summed E-state index contributed by atoms with van der Waals surface area (Å²) in [7, 11) is 0. The van der Waals surface area contributed by atoms with E-state index in [1.807, 2.05) is 22.6 Å². The van der Waals surface area contributed by atoms with Crippen LogP contribution in [0.25, 0.3) is 11.2 Å². The Hall–Kier alpha value is -1.08. The van der Waals surface area contributed by atoms with E-state index < -0.39 is 31.1 Å². The molecule has 0 aromatic carbocycles. The minimum Gasteiger partial charge on any atom is -0.492 e. The van der Waals surface area contributed by atoms with E-state index in [0.29, 0.717) is 3.83 Å². The summed E-state index contributed by atoms with van der Waals surface area (Å²) in [6.45, 7) is -0.418. The molecule has 1 saturated heterocycles. The molecule has 3 rings (SSSR count). The third-order valence-electron chi connectivity index (χ3n) is 3.19. The number of aliphatic hydroxyl groups excluding tert-OH is 3. The molecule has 108 valence electrons. The van der Waals surface area contributed by atoms with Crippen LogP contribution in [0.15, 0.2) is 6.33 Å². The topological polar surface area (TPSA) is 134 Å². The van der Waals surface area contributed by atoms with Crippen LogP contribution in [0.4, 0.5) is 0 Å². The molecule has 2 aromatic rings. The van der Waals surface area contributed by atoms with E-state index >= 15 is 0 Å². The number of ether oxygens (including phenoxy) is 1. The van der Waals surface area contributed by atoms with Crippen molar-refractivity contribution in [1.82, 2.24) is 19.5 Å². The number of imidazole rings is 1. The van der Waals surface area contributed by atoms with Gasteiger partial charge in [-0.25, -0.2) is 9.97 Å². The monoisotopic (exact) mass is 394 g/mol. The van der Waals surface area contributed by atoms with E-state index in [9.17, 15) is 15.3 Å². The number of hydrogen-bond donors (Lipinski definition) is 4. The Kier molecular flexibility index (Phi) is 3.50. The van der Waals surface area contributed by atoms with Gasteiger partial charge in [0.15, 0.2) is 21.2 Å². The summed E-state index contributed by atoms with van der Waals surface area (Å²) in [6.07, 6.45) is -3.14. The number of nitrogens with zero attached hydrogens (tertiary/aromatic N) is 4. The Morgan fingerprint density at radius 3 is 2.70 bits per heavy atom. The van der Waals surface area contributed by atoms with Crippen molar-refractivity contribution in [3.63, 3.8) is 0 Å². The van der Waals surface area contributed by atoms with E-state index in [1.165, 1.54) is 4.57 Å². The largest absolute Gasteiger partial charge is 0.492 e. The van der Waals surface area contributed by atoms with Gasteiger partial charge in [-0.15, -0.1) is 0 Å². The van der Waals surface area contributed by atoms with Crippen LogP contribution in [0, 0.1) is 3.83 Å². The Labute approximate surface area is 126 Å². The first kappa shape index (κ1) is 13.9. The first-order chi connectivity index (χ1) is 9.54. The van der Waals surface area contributed by atoms with Gasteiger partial charge >= 0.3 is 0 Å². The summed E-state index contributed by atoms with van der Waals surface area (Å²) in [5.74, 6) is -0.279. The normalized spacial score (nSPS) is 30.2. The maximum absolute atomic E-state index is 10.0. The lowest BCUT2D eigenvalue weighted by atomic mass is 10.1. The van der Waals surface area contributed by atoms with Gasteiger partial charge in [-0.1, -0.05) is 0 Å². The van der Waals surface area contributed by atoms with Crippen LogP contribution in [0.2, 0.25) is 0 Å². The zero-order valence-electron chi connectivity index (χ0n) is 9.96. The first-order valence-corrected chi connectivity index (χ1v) is 6.82. The van der Waals surface area contributed by atoms with Crippen molar-refractivity contribution >= 4 is 33.8 Å². The standard InChI is InChI=1S/C10H11IN4O5/c11-10-14-4-7(12-2-13-8(4)19)15(10)9-6(18)5(17)3(1-16)20-9/h2-3,5-6,9,16-18H,1H2,(H,12,13,19)/t3-,5?,6?,9-/m1/s1. The number of rotatable bonds is 2. The van der Waals surface area contributed by atoms with Crippen LogP contribution in [-0.4, -0.2) is 64.9 Å². The van der Waals surface area contributed by atoms with Gasteiger partial charge < -0.3 is 25.2 Å². The second-order valence-corrected chi connectivity index (χ2v) is 5.31. The Bertz CT molecular complexity index is 650. The van der Waals surface area contributed by atoms with Crippen LogP contribution in [-0.2, 0) is 4.74 Å². The fourth-order valence-corrected chi connectivity index (χ4v) is 2.93. The summed E-state index contributed by atoms with van der Waals surface area (Å²) in [6, 6.07) is 0. The van der Waals surface area contributed by atoms with Gasteiger partial charge in [0.25, 0.3) is 0 Å². The second kappa shape index (κ2) is 5.04. The molecule has 2 unspecified atom stereocenters. The molecule has 2 aromatic heterocycles. The quantitative estimate of drug-likeness (QED) is 0.367. The summed E-state index contributed by atoms with van der Waals surface area (Å²) in [4.78, 5) is 11.7. The highest BCUT2D eigenvalue weighted by Crippen LogP contribution is 2.34. The molecule has 1 fully saturated rings. The van der Waals surface area contributed by atoms with Crippen molar-refractivity contribution in [3.8, 4) is 5.88 Å². The van der Waals surface area contributed by atoms with Crippen LogP contribution < -0.4 is 0 Å². The molecule has 0 radical (unpaired) electrons. The van der Waals surface area contributed by atoms with Gasteiger partial charge in [0.05, 0.1) is 6.61 Å². The SMILES string of the molecule is OC[C@H]1O[C@@H](n2c(I)nc3c(O)ncnc32)C(O)C1O. The van der Waals surface area contributed by atoms with Gasteiger partial charge in [0.1, 0.15) is 24.6 Å². The molecule has 0 spiro atoms. The average molecular weight is 394 g/mol. The van der Waals surface area contributed by atoms with Crippen LogP contribution >= 0.6 is 22.6 Å². The smallest absolute Gasteiger partial charge is 0.242 e. The van der Waals surface area contributed by atoms with Crippen molar-refractivity contribution in [3.05, 3.63) is 10.2 Å². The second-order valence-electron chi connectivity index (χ2n) is 4.35. The lowest BCUT2D eigenvalue weighted by Crippen LogP contribution is -2.33. The molecule has 20 heavy (non-hydrogen) atoms. The number of hydrogen-bond acceptors (Lipinski definition) is 8.